The number of benzene rings is 1. The fourth-order valence-corrected chi connectivity index (χ4v) is 4.37. The maximum atomic E-state index is 15.5. The average Bonchev–Trinajstić information content (AvgIpc) is 3.38. The van der Waals surface area contributed by atoms with Crippen LogP contribution in [0, 0.1) is 18.7 Å². The molecule has 4 N–H and O–H groups in total. The molecule has 28 heavy (non-hydrogen) atoms. The zero-order chi connectivity index (χ0) is 20.2. The van der Waals surface area contributed by atoms with Gasteiger partial charge in [0.15, 0.2) is 11.6 Å². The van der Waals surface area contributed by atoms with Gasteiger partial charge in [0.25, 0.3) is 5.56 Å². The van der Waals surface area contributed by atoms with Gasteiger partial charge in [-0.1, -0.05) is 0 Å². The number of H-pyrrole nitrogens is 1. The van der Waals surface area contributed by atoms with Crippen LogP contribution in [0.25, 0.3) is 10.9 Å². The van der Waals surface area contributed by atoms with Gasteiger partial charge >= 0.3 is 5.69 Å². The molecule has 2 aliphatic rings. The molecule has 1 aromatic carbocycles. The Morgan fingerprint density at radius 1 is 1.36 bits per heavy atom. The van der Waals surface area contributed by atoms with E-state index >= 15 is 4.39 Å². The molecule has 0 amide bonds. The molecule has 9 heteroatoms. The molecule has 2 aromatic rings. The molecule has 2 atom stereocenters. The van der Waals surface area contributed by atoms with Gasteiger partial charge in [0.1, 0.15) is 5.39 Å². The highest BCUT2D eigenvalue weighted by atomic mass is 19.1. The second-order valence-electron chi connectivity index (χ2n) is 7.70. The summed E-state index contributed by atoms with van der Waals surface area (Å²) >= 11 is 0. The van der Waals surface area contributed by atoms with Gasteiger partial charge in [0.2, 0.25) is 0 Å². The van der Waals surface area contributed by atoms with Crippen LogP contribution < -0.4 is 26.6 Å². The zero-order valence-corrected chi connectivity index (χ0v) is 16.0. The summed E-state index contributed by atoms with van der Waals surface area (Å²) < 4.78 is 22.3. The van der Waals surface area contributed by atoms with E-state index in [1.165, 1.54) is 7.11 Å². The van der Waals surface area contributed by atoms with E-state index in [4.69, 9.17) is 10.5 Å². The van der Waals surface area contributed by atoms with Gasteiger partial charge in [-0.2, -0.15) is 0 Å². The quantitative estimate of drug-likeness (QED) is 0.688. The molecule has 0 spiro atoms. The van der Waals surface area contributed by atoms with E-state index in [2.05, 4.69) is 4.98 Å². The van der Waals surface area contributed by atoms with Crippen LogP contribution in [0.3, 0.4) is 0 Å². The minimum atomic E-state index is -0.653. The average molecular weight is 392 g/mol. The minimum Gasteiger partial charge on any atom is -0.493 e. The normalized spacial score (nSPS) is 20.8. The number of aliphatic hydroxyl groups excluding tert-OH is 1. The first kappa shape index (κ1) is 18.9. The molecule has 152 valence electrons. The van der Waals surface area contributed by atoms with Crippen LogP contribution in [0.1, 0.15) is 30.9 Å². The second-order valence-corrected chi connectivity index (χ2v) is 7.70. The van der Waals surface area contributed by atoms with Crippen molar-refractivity contribution in [2.24, 2.45) is 11.7 Å². The van der Waals surface area contributed by atoms with Gasteiger partial charge in [-0.3, -0.25) is 14.3 Å². The van der Waals surface area contributed by atoms with E-state index in [-0.39, 0.29) is 29.6 Å². The van der Waals surface area contributed by atoms with Crippen LogP contribution in [0.15, 0.2) is 9.59 Å². The molecule has 0 radical (unpaired) electrons. The van der Waals surface area contributed by atoms with Crippen LogP contribution >= 0.6 is 0 Å². The lowest BCUT2D eigenvalue weighted by atomic mass is 10.0. The first-order valence-corrected chi connectivity index (χ1v) is 9.56. The topological polar surface area (TPSA) is 114 Å². The third kappa shape index (κ3) is 2.80. The first-order valence-electron chi connectivity index (χ1n) is 9.56. The highest BCUT2D eigenvalue weighted by Crippen LogP contribution is 2.43. The van der Waals surface area contributed by atoms with Gasteiger partial charge in [0, 0.05) is 37.2 Å². The monoisotopic (exact) mass is 392 g/mol. The number of nitrogens with two attached hydrogens (primary N) is 1. The molecular formula is C19H25FN4O4. The molecule has 1 saturated heterocycles. The number of nitrogens with zero attached hydrogens (tertiary/aromatic N) is 2. The third-order valence-corrected chi connectivity index (χ3v) is 5.93. The Bertz CT molecular complexity index is 1040. The van der Waals surface area contributed by atoms with Crippen molar-refractivity contribution in [2.45, 2.75) is 38.3 Å². The number of aliphatic hydroxyl groups is 1. The van der Waals surface area contributed by atoms with E-state index in [0.717, 1.165) is 12.8 Å². The molecule has 0 bridgehead atoms. The van der Waals surface area contributed by atoms with Crippen LogP contribution in [0.5, 0.6) is 5.75 Å². The Hall–Kier alpha value is -2.39. The summed E-state index contributed by atoms with van der Waals surface area (Å²) in [6.45, 7) is 2.87. The highest BCUT2D eigenvalue weighted by Gasteiger charge is 2.35. The van der Waals surface area contributed by atoms with Crippen molar-refractivity contribution in [2.75, 3.05) is 31.6 Å². The second kappa shape index (κ2) is 6.89. The van der Waals surface area contributed by atoms with E-state index in [0.29, 0.717) is 36.3 Å². The van der Waals surface area contributed by atoms with Crippen molar-refractivity contribution < 1.29 is 14.2 Å². The molecule has 2 unspecified atom stereocenters. The standard InChI is InChI=1S/C19H25FN4O4/c1-9-15-13(18(26)22-19(27)24(15)11-3-4-11)17(28-2)14(20)16(9)23-6-5-10(8-23)12(25)7-21/h10-12,25H,3-8,21H2,1-2H3,(H,22,26,27). The van der Waals surface area contributed by atoms with Crippen molar-refractivity contribution in [1.82, 2.24) is 9.55 Å². The number of aromatic nitrogens is 2. The van der Waals surface area contributed by atoms with Crippen molar-refractivity contribution in [3.05, 3.63) is 32.2 Å². The number of hydrogen-bond acceptors (Lipinski definition) is 6. The van der Waals surface area contributed by atoms with E-state index in [1.807, 2.05) is 4.90 Å². The maximum Gasteiger partial charge on any atom is 0.329 e. The third-order valence-electron chi connectivity index (χ3n) is 5.93. The Morgan fingerprint density at radius 3 is 2.68 bits per heavy atom. The summed E-state index contributed by atoms with van der Waals surface area (Å²) in [5.74, 6) is -0.841. The summed E-state index contributed by atoms with van der Waals surface area (Å²) in [6.07, 6.45) is 1.71. The van der Waals surface area contributed by atoms with Gasteiger partial charge in [-0.05, 0) is 26.2 Å². The molecular weight excluding hydrogens is 367 g/mol. The Labute approximate surface area is 160 Å². The van der Waals surface area contributed by atoms with E-state index in [9.17, 15) is 14.7 Å². The van der Waals surface area contributed by atoms with Crippen molar-refractivity contribution in [3.63, 3.8) is 0 Å². The lowest BCUT2D eigenvalue weighted by molar-refractivity contribution is 0.126. The number of aromatic amines is 1. The Kier molecular flexibility index (Phi) is 4.67. The molecule has 2 heterocycles. The number of anilines is 1. The number of fused-ring (bicyclic) bond motifs is 1. The first-order chi connectivity index (χ1) is 13.4. The smallest absolute Gasteiger partial charge is 0.329 e. The number of rotatable bonds is 5. The number of aryl methyl sites for hydroxylation is 1. The number of ether oxygens (including phenoxy) is 1. The van der Waals surface area contributed by atoms with Crippen LogP contribution in [-0.4, -0.2) is 47.5 Å². The van der Waals surface area contributed by atoms with Gasteiger partial charge in [-0.15, -0.1) is 0 Å². The lowest BCUT2D eigenvalue weighted by Gasteiger charge is -2.26. The molecule has 1 aliphatic heterocycles. The predicted octanol–water partition coefficient (Wildman–Crippen LogP) is 0.627. The summed E-state index contributed by atoms with van der Waals surface area (Å²) in [4.78, 5) is 29.2. The fraction of sp³-hybridized carbons (Fsp3) is 0.579. The Morgan fingerprint density at radius 2 is 2.07 bits per heavy atom. The molecule has 1 aliphatic carbocycles. The van der Waals surface area contributed by atoms with Gasteiger partial charge < -0.3 is 20.5 Å². The van der Waals surface area contributed by atoms with Crippen molar-refractivity contribution in [1.29, 1.82) is 0 Å². The van der Waals surface area contributed by atoms with Crippen molar-refractivity contribution in [3.8, 4) is 5.75 Å². The number of methoxy groups -OCH3 is 1. The molecule has 1 saturated carbocycles. The summed E-state index contributed by atoms with van der Waals surface area (Å²) in [7, 11) is 1.31. The summed E-state index contributed by atoms with van der Waals surface area (Å²) in [5, 5.41) is 10.1. The molecule has 8 nitrogen and oxygen atoms in total. The largest absolute Gasteiger partial charge is 0.493 e. The number of hydrogen-bond donors (Lipinski definition) is 3. The molecule has 4 rings (SSSR count). The van der Waals surface area contributed by atoms with Gasteiger partial charge in [0.05, 0.1) is 24.4 Å². The zero-order valence-electron chi connectivity index (χ0n) is 16.0. The molecule has 1 aromatic heterocycles. The Balaban J connectivity index is 1.97. The van der Waals surface area contributed by atoms with Crippen LogP contribution in [-0.2, 0) is 0 Å². The van der Waals surface area contributed by atoms with Crippen molar-refractivity contribution >= 4 is 16.6 Å². The van der Waals surface area contributed by atoms with Crippen LogP contribution in [0.2, 0.25) is 0 Å². The predicted molar refractivity (Wildman–Crippen MR) is 104 cm³/mol. The SMILES string of the molecule is COc1c(F)c(N2CCC(C(O)CN)C2)c(C)c2c1c(=O)[nH]c(=O)n2C1CC1. The summed E-state index contributed by atoms with van der Waals surface area (Å²) in [6, 6.07) is -0.000966. The fourth-order valence-electron chi connectivity index (χ4n) is 4.37. The molecule has 2 fully saturated rings. The van der Waals surface area contributed by atoms with E-state index < -0.39 is 23.2 Å². The lowest BCUT2D eigenvalue weighted by Crippen LogP contribution is -2.33. The summed E-state index contributed by atoms with van der Waals surface area (Å²) in [5.41, 5.74) is 5.70. The number of nitrogens with one attached hydrogen (secondary N) is 1. The van der Waals surface area contributed by atoms with Crippen LogP contribution in [0.4, 0.5) is 10.1 Å². The van der Waals surface area contributed by atoms with E-state index in [1.54, 1.807) is 11.5 Å². The minimum absolute atomic E-state index is 0.000966. The van der Waals surface area contributed by atoms with Gasteiger partial charge in [-0.25, -0.2) is 9.18 Å². The number of halogens is 1. The maximum absolute atomic E-state index is 15.5. The highest BCUT2D eigenvalue weighted by molar-refractivity contribution is 5.93.